The van der Waals surface area contributed by atoms with Gasteiger partial charge in [-0.15, -0.1) is 0 Å². The van der Waals surface area contributed by atoms with E-state index in [0.717, 1.165) is 28.3 Å². The summed E-state index contributed by atoms with van der Waals surface area (Å²) in [5, 5.41) is 0.734. The van der Waals surface area contributed by atoms with Crippen molar-refractivity contribution in [2.75, 3.05) is 31.1 Å². The maximum atomic E-state index is 12.8. The van der Waals surface area contributed by atoms with Crippen molar-refractivity contribution < 1.29 is 9.53 Å². The van der Waals surface area contributed by atoms with Crippen molar-refractivity contribution in [3.05, 3.63) is 81.9 Å². The number of rotatable bonds is 4. The molecule has 2 heterocycles. The molecule has 0 aliphatic carbocycles. The molecule has 1 amide bonds. The lowest BCUT2D eigenvalue weighted by Crippen LogP contribution is -2.48. The van der Waals surface area contributed by atoms with Gasteiger partial charge in [-0.2, -0.15) is 0 Å². The van der Waals surface area contributed by atoms with Crippen molar-refractivity contribution in [2.45, 2.75) is 0 Å². The van der Waals surface area contributed by atoms with E-state index in [2.05, 4.69) is 25.8 Å². The van der Waals surface area contributed by atoms with Gasteiger partial charge in [0.2, 0.25) is 5.88 Å². The third-order valence-electron chi connectivity index (χ3n) is 4.76. The van der Waals surface area contributed by atoms with Crippen LogP contribution in [0.25, 0.3) is 0 Å². The molecule has 29 heavy (non-hydrogen) atoms. The molecular weight excluding hydrogens is 454 g/mol. The number of para-hydroxylation sites is 1. The molecule has 0 spiro atoms. The summed E-state index contributed by atoms with van der Waals surface area (Å²) in [5.41, 5.74) is 1.56. The Bertz CT molecular complexity index is 1000. The van der Waals surface area contributed by atoms with E-state index in [-0.39, 0.29) is 5.91 Å². The Labute approximate surface area is 183 Å². The average molecular weight is 473 g/mol. The smallest absolute Gasteiger partial charge is 0.255 e. The number of hydrogen-bond donors (Lipinski definition) is 0. The topological polar surface area (TPSA) is 45.7 Å². The number of amides is 1. The molecule has 1 aliphatic rings. The van der Waals surface area contributed by atoms with Crippen LogP contribution in [0.3, 0.4) is 0 Å². The first kappa shape index (κ1) is 19.7. The average Bonchev–Trinajstić information content (AvgIpc) is 2.74. The van der Waals surface area contributed by atoms with E-state index in [1.165, 1.54) is 0 Å². The number of ether oxygens (including phenoxy) is 1. The minimum atomic E-state index is -0.0229. The molecule has 0 unspecified atom stereocenters. The second-order valence-corrected chi connectivity index (χ2v) is 8.00. The number of anilines is 1. The van der Waals surface area contributed by atoms with E-state index in [1.54, 1.807) is 18.3 Å². The molecule has 1 saturated heterocycles. The van der Waals surface area contributed by atoms with Gasteiger partial charge >= 0.3 is 0 Å². The lowest BCUT2D eigenvalue weighted by atomic mass is 10.2. The molecule has 0 saturated carbocycles. The summed E-state index contributed by atoms with van der Waals surface area (Å²) in [6.45, 7) is 2.76. The number of pyridine rings is 1. The van der Waals surface area contributed by atoms with Gasteiger partial charge in [0, 0.05) is 42.9 Å². The first-order chi connectivity index (χ1) is 14.1. The summed E-state index contributed by atoms with van der Waals surface area (Å²) >= 11 is 9.70. The summed E-state index contributed by atoms with van der Waals surface area (Å²) < 4.78 is 6.66. The summed E-state index contributed by atoms with van der Waals surface area (Å²) in [6.07, 6.45) is 1.57. The number of carbonyl (C=O) groups excluding carboxylic acids is 1. The van der Waals surface area contributed by atoms with Crippen LogP contribution < -0.4 is 9.64 Å². The van der Waals surface area contributed by atoms with Gasteiger partial charge in [-0.25, -0.2) is 4.98 Å². The number of piperazine rings is 1. The van der Waals surface area contributed by atoms with Crippen molar-refractivity contribution in [3.63, 3.8) is 0 Å². The van der Waals surface area contributed by atoms with E-state index < -0.39 is 0 Å². The molecule has 5 nitrogen and oxygen atoms in total. The van der Waals surface area contributed by atoms with Gasteiger partial charge in [0.15, 0.2) is 0 Å². The second kappa shape index (κ2) is 8.84. The Morgan fingerprint density at radius 3 is 2.48 bits per heavy atom. The molecule has 3 aromatic rings. The van der Waals surface area contributed by atoms with E-state index in [4.69, 9.17) is 16.3 Å². The van der Waals surface area contributed by atoms with Crippen molar-refractivity contribution in [1.29, 1.82) is 0 Å². The molecule has 0 radical (unpaired) electrons. The van der Waals surface area contributed by atoms with E-state index in [0.29, 0.717) is 30.3 Å². The number of hydrogen-bond acceptors (Lipinski definition) is 4. The fourth-order valence-electron chi connectivity index (χ4n) is 3.26. The normalized spacial score (nSPS) is 14.0. The summed E-state index contributed by atoms with van der Waals surface area (Å²) in [4.78, 5) is 21.2. The quantitative estimate of drug-likeness (QED) is 0.520. The van der Waals surface area contributed by atoms with Gasteiger partial charge in [0.05, 0.1) is 16.3 Å². The minimum absolute atomic E-state index is 0.0229. The molecule has 2 aromatic carbocycles. The monoisotopic (exact) mass is 471 g/mol. The van der Waals surface area contributed by atoms with E-state index >= 15 is 0 Å². The molecule has 4 rings (SSSR count). The van der Waals surface area contributed by atoms with Crippen LogP contribution in [0.15, 0.2) is 71.3 Å². The number of aromatic nitrogens is 1. The fraction of sp³-hybridized carbons (Fsp3) is 0.182. The predicted octanol–water partition coefficient (Wildman–Crippen LogP) is 5.25. The molecule has 1 aromatic heterocycles. The highest BCUT2D eigenvalue weighted by molar-refractivity contribution is 9.10. The van der Waals surface area contributed by atoms with Crippen LogP contribution in [0, 0.1) is 0 Å². The van der Waals surface area contributed by atoms with E-state index in [9.17, 15) is 4.79 Å². The van der Waals surface area contributed by atoms with Crippen molar-refractivity contribution >= 4 is 39.1 Å². The Hall–Kier alpha value is -2.57. The van der Waals surface area contributed by atoms with Crippen LogP contribution in [-0.4, -0.2) is 42.0 Å². The zero-order valence-electron chi connectivity index (χ0n) is 15.6. The van der Waals surface area contributed by atoms with Crippen LogP contribution in [0.1, 0.15) is 10.4 Å². The summed E-state index contributed by atoms with van der Waals surface area (Å²) in [6, 6.07) is 18.8. The standard InChI is InChI=1S/C22H19BrClN3O2/c23-17-4-3-5-18(14-17)29-21-9-8-16(15-25-21)22(28)27-12-10-26(11-13-27)20-7-2-1-6-19(20)24/h1-9,14-15H,10-13H2. The number of benzene rings is 2. The molecule has 7 heteroatoms. The number of halogens is 2. The van der Waals surface area contributed by atoms with Crippen LogP contribution in [0.5, 0.6) is 11.6 Å². The molecular formula is C22H19BrClN3O2. The highest BCUT2D eigenvalue weighted by atomic mass is 79.9. The lowest BCUT2D eigenvalue weighted by molar-refractivity contribution is 0.0746. The van der Waals surface area contributed by atoms with Gasteiger partial charge in [-0.3, -0.25) is 4.79 Å². The molecule has 0 bridgehead atoms. The number of nitrogens with zero attached hydrogens (tertiary/aromatic N) is 3. The molecule has 148 valence electrons. The zero-order chi connectivity index (χ0) is 20.2. The highest BCUT2D eigenvalue weighted by Gasteiger charge is 2.23. The van der Waals surface area contributed by atoms with Crippen LogP contribution in [-0.2, 0) is 0 Å². The Balaban J connectivity index is 1.37. The van der Waals surface area contributed by atoms with Crippen molar-refractivity contribution in [2.24, 2.45) is 0 Å². The molecule has 1 fully saturated rings. The summed E-state index contributed by atoms with van der Waals surface area (Å²) in [5.74, 6) is 1.11. The van der Waals surface area contributed by atoms with Gasteiger partial charge < -0.3 is 14.5 Å². The van der Waals surface area contributed by atoms with Gasteiger partial charge in [0.1, 0.15) is 5.75 Å². The van der Waals surface area contributed by atoms with Gasteiger partial charge in [-0.1, -0.05) is 45.7 Å². The maximum absolute atomic E-state index is 12.8. The Morgan fingerprint density at radius 2 is 1.79 bits per heavy atom. The first-order valence-electron chi connectivity index (χ1n) is 9.28. The van der Waals surface area contributed by atoms with Crippen molar-refractivity contribution in [1.82, 2.24) is 9.88 Å². The largest absolute Gasteiger partial charge is 0.439 e. The predicted molar refractivity (Wildman–Crippen MR) is 118 cm³/mol. The number of carbonyl (C=O) groups is 1. The Kier molecular flexibility index (Phi) is 6.02. The maximum Gasteiger partial charge on any atom is 0.255 e. The SMILES string of the molecule is O=C(c1ccc(Oc2cccc(Br)c2)nc1)N1CCN(c2ccccc2Cl)CC1. The third kappa shape index (κ3) is 4.71. The lowest BCUT2D eigenvalue weighted by Gasteiger charge is -2.36. The van der Waals surface area contributed by atoms with E-state index in [1.807, 2.05) is 53.4 Å². The third-order valence-corrected chi connectivity index (χ3v) is 5.57. The van der Waals surface area contributed by atoms with Gasteiger partial charge in [-0.05, 0) is 36.4 Å². The van der Waals surface area contributed by atoms with Crippen LogP contribution >= 0.6 is 27.5 Å². The molecule has 0 atom stereocenters. The second-order valence-electron chi connectivity index (χ2n) is 6.68. The fourth-order valence-corrected chi connectivity index (χ4v) is 3.89. The zero-order valence-corrected chi connectivity index (χ0v) is 17.9. The Morgan fingerprint density at radius 1 is 1.00 bits per heavy atom. The molecule has 1 aliphatic heterocycles. The van der Waals surface area contributed by atoms with Crippen LogP contribution in [0.2, 0.25) is 5.02 Å². The first-order valence-corrected chi connectivity index (χ1v) is 10.5. The highest BCUT2D eigenvalue weighted by Crippen LogP contribution is 2.27. The van der Waals surface area contributed by atoms with Gasteiger partial charge in [0.25, 0.3) is 5.91 Å². The van der Waals surface area contributed by atoms with Crippen molar-refractivity contribution in [3.8, 4) is 11.6 Å². The summed E-state index contributed by atoms with van der Waals surface area (Å²) in [7, 11) is 0. The minimum Gasteiger partial charge on any atom is -0.439 e. The van der Waals surface area contributed by atoms with Crippen LogP contribution in [0.4, 0.5) is 5.69 Å². The molecule has 0 N–H and O–H groups in total.